The maximum atomic E-state index is 12.6. The van der Waals surface area contributed by atoms with Crippen LogP contribution in [0.25, 0.3) is 5.78 Å². The lowest BCUT2D eigenvalue weighted by Crippen LogP contribution is -2.39. The van der Waals surface area contributed by atoms with E-state index in [4.69, 9.17) is 5.73 Å². The number of hydrogen-bond acceptors (Lipinski definition) is 5. The highest BCUT2D eigenvalue weighted by Gasteiger charge is 2.27. The van der Waals surface area contributed by atoms with Crippen molar-refractivity contribution in [3.05, 3.63) is 23.3 Å². The third-order valence-corrected chi connectivity index (χ3v) is 4.20. The van der Waals surface area contributed by atoms with Crippen LogP contribution in [0, 0.1) is 19.8 Å². The van der Waals surface area contributed by atoms with Gasteiger partial charge in [0.2, 0.25) is 11.7 Å². The average molecular weight is 316 g/mol. The first kappa shape index (κ1) is 15.4. The highest BCUT2D eigenvalue weighted by molar-refractivity contribution is 5.91. The van der Waals surface area contributed by atoms with Crippen molar-refractivity contribution in [2.24, 2.45) is 11.7 Å². The predicted molar refractivity (Wildman–Crippen MR) is 82.7 cm³/mol. The fourth-order valence-electron chi connectivity index (χ4n) is 3.02. The van der Waals surface area contributed by atoms with Gasteiger partial charge in [-0.1, -0.05) is 0 Å². The molecule has 0 atom stereocenters. The molecule has 2 N–H and O–H groups in total. The molecule has 0 bridgehead atoms. The Balaban J connectivity index is 1.74. The minimum Gasteiger partial charge on any atom is -0.370 e. The lowest BCUT2D eigenvalue weighted by molar-refractivity contribution is -0.119. The number of nitrogens with zero attached hydrogens (tertiary/aromatic N) is 5. The van der Waals surface area contributed by atoms with E-state index in [2.05, 4.69) is 15.1 Å². The van der Waals surface area contributed by atoms with Crippen molar-refractivity contribution in [2.75, 3.05) is 13.1 Å². The second-order valence-corrected chi connectivity index (χ2v) is 6.09. The van der Waals surface area contributed by atoms with Crippen LogP contribution >= 0.6 is 0 Å². The molecule has 0 saturated carbocycles. The molecule has 2 amide bonds. The Morgan fingerprint density at radius 1 is 1.26 bits per heavy atom. The van der Waals surface area contributed by atoms with Crippen molar-refractivity contribution in [1.29, 1.82) is 0 Å². The van der Waals surface area contributed by atoms with E-state index in [1.54, 1.807) is 9.42 Å². The number of carbonyl (C=O) groups excluding carboxylic acids is 2. The molecule has 3 heterocycles. The molecule has 0 spiro atoms. The predicted octanol–water partition coefficient (Wildman–Crippen LogP) is 0.469. The molecule has 0 unspecified atom stereocenters. The number of likely N-dealkylation sites (tertiary alicyclic amines) is 1. The standard InChI is InChI=1S/C15H20N6O2/c1-9-7-10(2)21-15(17-9)18-13(19-21)14(23)20-5-3-11(4-6-20)8-12(16)22/h7,11H,3-6,8H2,1-2H3,(H2,16,22). The van der Waals surface area contributed by atoms with Crippen LogP contribution in [-0.4, -0.2) is 49.4 Å². The molecule has 8 heteroatoms. The van der Waals surface area contributed by atoms with E-state index in [1.165, 1.54) is 0 Å². The van der Waals surface area contributed by atoms with E-state index in [9.17, 15) is 9.59 Å². The van der Waals surface area contributed by atoms with Crippen molar-refractivity contribution < 1.29 is 9.59 Å². The number of hydrogen-bond donors (Lipinski definition) is 1. The van der Waals surface area contributed by atoms with E-state index in [0.29, 0.717) is 25.3 Å². The maximum absolute atomic E-state index is 12.6. The third kappa shape index (κ3) is 3.15. The van der Waals surface area contributed by atoms with E-state index < -0.39 is 0 Å². The Kier molecular flexibility index (Phi) is 3.97. The van der Waals surface area contributed by atoms with Crippen LogP contribution in [0.5, 0.6) is 0 Å². The van der Waals surface area contributed by atoms with Gasteiger partial charge in [-0.25, -0.2) is 9.50 Å². The van der Waals surface area contributed by atoms with Crippen molar-refractivity contribution in [3.63, 3.8) is 0 Å². The lowest BCUT2D eigenvalue weighted by Gasteiger charge is -2.30. The molecule has 1 fully saturated rings. The molecule has 122 valence electrons. The normalized spacial score (nSPS) is 16.0. The highest BCUT2D eigenvalue weighted by Crippen LogP contribution is 2.21. The van der Waals surface area contributed by atoms with Gasteiger partial charge in [-0.2, -0.15) is 4.98 Å². The summed E-state index contributed by atoms with van der Waals surface area (Å²) in [6, 6.07) is 1.89. The Morgan fingerprint density at radius 2 is 1.96 bits per heavy atom. The molecule has 0 radical (unpaired) electrons. The minimum atomic E-state index is -0.284. The topological polar surface area (TPSA) is 106 Å². The van der Waals surface area contributed by atoms with Crippen molar-refractivity contribution in [3.8, 4) is 0 Å². The number of aryl methyl sites for hydroxylation is 2. The second kappa shape index (κ2) is 5.94. The minimum absolute atomic E-state index is 0.166. The van der Waals surface area contributed by atoms with Gasteiger partial charge in [0.25, 0.3) is 11.7 Å². The number of rotatable bonds is 3. The number of carbonyl (C=O) groups is 2. The monoisotopic (exact) mass is 316 g/mol. The molecule has 23 heavy (non-hydrogen) atoms. The Hall–Kier alpha value is -2.51. The molecule has 0 aromatic carbocycles. The summed E-state index contributed by atoms with van der Waals surface area (Å²) in [7, 11) is 0. The van der Waals surface area contributed by atoms with Gasteiger partial charge in [-0.3, -0.25) is 9.59 Å². The number of aromatic nitrogens is 4. The van der Waals surface area contributed by atoms with E-state index in [1.807, 2.05) is 19.9 Å². The van der Waals surface area contributed by atoms with Gasteiger partial charge in [-0.05, 0) is 38.7 Å². The summed E-state index contributed by atoms with van der Waals surface area (Å²) in [6.07, 6.45) is 1.94. The Labute approximate surface area is 133 Å². The van der Waals surface area contributed by atoms with E-state index in [0.717, 1.165) is 24.2 Å². The van der Waals surface area contributed by atoms with Crippen LogP contribution in [-0.2, 0) is 4.79 Å². The summed E-state index contributed by atoms with van der Waals surface area (Å²) in [5.74, 6) is 0.393. The van der Waals surface area contributed by atoms with Crippen molar-refractivity contribution >= 4 is 17.6 Å². The smallest absolute Gasteiger partial charge is 0.293 e. The van der Waals surface area contributed by atoms with Gasteiger partial charge in [0, 0.05) is 30.9 Å². The fraction of sp³-hybridized carbons (Fsp3) is 0.533. The van der Waals surface area contributed by atoms with Crippen LogP contribution < -0.4 is 5.73 Å². The molecule has 2 aromatic heterocycles. The van der Waals surface area contributed by atoms with Crippen LogP contribution in [0.2, 0.25) is 0 Å². The Morgan fingerprint density at radius 3 is 2.61 bits per heavy atom. The lowest BCUT2D eigenvalue weighted by atomic mass is 9.93. The quantitative estimate of drug-likeness (QED) is 0.886. The first-order chi connectivity index (χ1) is 10.9. The van der Waals surface area contributed by atoms with Gasteiger partial charge >= 0.3 is 0 Å². The summed E-state index contributed by atoms with van der Waals surface area (Å²) in [6.45, 7) is 4.97. The Bertz CT molecular complexity index is 761. The molecule has 1 aliphatic heterocycles. The molecular formula is C15H20N6O2. The zero-order valence-electron chi connectivity index (χ0n) is 13.3. The first-order valence-corrected chi connectivity index (χ1v) is 7.72. The highest BCUT2D eigenvalue weighted by atomic mass is 16.2. The summed E-state index contributed by atoms with van der Waals surface area (Å²) >= 11 is 0. The van der Waals surface area contributed by atoms with Gasteiger partial charge in [0.15, 0.2) is 0 Å². The molecule has 8 nitrogen and oxygen atoms in total. The van der Waals surface area contributed by atoms with Crippen LogP contribution in [0.15, 0.2) is 6.07 Å². The summed E-state index contributed by atoms with van der Waals surface area (Å²) in [4.78, 5) is 33.8. The van der Waals surface area contributed by atoms with Crippen LogP contribution in [0.4, 0.5) is 0 Å². The SMILES string of the molecule is Cc1cc(C)n2nc(C(=O)N3CCC(CC(N)=O)CC3)nc2n1. The number of primary amides is 1. The van der Waals surface area contributed by atoms with Crippen molar-refractivity contribution in [1.82, 2.24) is 24.5 Å². The average Bonchev–Trinajstić information content (AvgIpc) is 2.91. The molecule has 1 saturated heterocycles. The largest absolute Gasteiger partial charge is 0.370 e. The number of piperidine rings is 1. The van der Waals surface area contributed by atoms with Crippen molar-refractivity contribution in [2.45, 2.75) is 33.1 Å². The molecule has 0 aliphatic carbocycles. The van der Waals surface area contributed by atoms with E-state index in [-0.39, 0.29) is 23.6 Å². The number of nitrogens with two attached hydrogens (primary N) is 1. The fourth-order valence-corrected chi connectivity index (χ4v) is 3.02. The van der Waals surface area contributed by atoms with Crippen LogP contribution in [0.3, 0.4) is 0 Å². The van der Waals surface area contributed by atoms with Gasteiger partial charge in [-0.15, -0.1) is 5.10 Å². The van der Waals surface area contributed by atoms with Gasteiger partial charge in [0.1, 0.15) is 0 Å². The molecule has 2 aromatic rings. The molecular weight excluding hydrogens is 296 g/mol. The maximum Gasteiger partial charge on any atom is 0.293 e. The summed E-state index contributed by atoms with van der Waals surface area (Å²) < 4.78 is 1.58. The van der Waals surface area contributed by atoms with Gasteiger partial charge < -0.3 is 10.6 Å². The summed E-state index contributed by atoms with van der Waals surface area (Å²) in [5.41, 5.74) is 6.96. The zero-order valence-corrected chi connectivity index (χ0v) is 13.3. The van der Waals surface area contributed by atoms with E-state index >= 15 is 0 Å². The first-order valence-electron chi connectivity index (χ1n) is 7.72. The number of amides is 2. The third-order valence-electron chi connectivity index (χ3n) is 4.20. The van der Waals surface area contributed by atoms with Crippen LogP contribution in [0.1, 0.15) is 41.3 Å². The zero-order chi connectivity index (χ0) is 16.6. The molecule has 1 aliphatic rings. The summed E-state index contributed by atoms with van der Waals surface area (Å²) in [5, 5.41) is 4.27. The second-order valence-electron chi connectivity index (χ2n) is 6.09. The van der Waals surface area contributed by atoms with Gasteiger partial charge in [0.05, 0.1) is 0 Å². The molecule has 3 rings (SSSR count). The number of fused-ring (bicyclic) bond motifs is 1.